The zero-order valence-corrected chi connectivity index (χ0v) is 12.8. The normalized spacial score (nSPS) is 17.9. The van der Waals surface area contributed by atoms with Crippen LogP contribution in [0.5, 0.6) is 0 Å². The minimum atomic E-state index is -0.411. The van der Waals surface area contributed by atoms with E-state index in [0.717, 1.165) is 14.9 Å². The largest absolute Gasteiger partial charge is 0.294 e. The highest BCUT2D eigenvalue weighted by molar-refractivity contribution is 9.10. The van der Waals surface area contributed by atoms with E-state index in [1.165, 1.54) is 0 Å². The lowest BCUT2D eigenvalue weighted by molar-refractivity contribution is -0.555. The van der Waals surface area contributed by atoms with Crippen molar-refractivity contribution in [1.82, 2.24) is 0 Å². The predicted molar refractivity (Wildman–Crippen MR) is 84.3 cm³/mol. The maximum Gasteiger partial charge on any atom is 0.246 e. The van der Waals surface area contributed by atoms with Crippen LogP contribution in [-0.2, 0) is 6.42 Å². The van der Waals surface area contributed by atoms with Crippen LogP contribution in [0.2, 0.25) is 0 Å². The van der Waals surface area contributed by atoms with E-state index in [1.54, 1.807) is 12.1 Å². The van der Waals surface area contributed by atoms with Crippen molar-refractivity contribution < 1.29 is 9.66 Å². The summed E-state index contributed by atoms with van der Waals surface area (Å²) < 4.78 is 0.829. The molecule has 4 nitrogen and oxygen atoms in total. The third-order valence-electron chi connectivity index (χ3n) is 3.58. The van der Waals surface area contributed by atoms with Crippen molar-refractivity contribution in [2.75, 3.05) is 5.43 Å². The number of carbonyl (C=O) groups excluding carboxylic acids is 1. The number of ketones is 1. The standard InChI is InChI=1S/C16H13BrN2O2/c17-12-6-7-15-14(9-12)16(20)10-13(19(21)18-15)8-11-4-2-1-3-5-11/h1-7,9,13H,8,10H2/p+1/t13-/m1/s1. The molecule has 0 spiro atoms. The van der Waals surface area contributed by atoms with Crippen LogP contribution in [0.25, 0.3) is 0 Å². The number of halogens is 1. The van der Waals surface area contributed by atoms with Crippen molar-refractivity contribution in [2.24, 2.45) is 0 Å². The molecule has 0 unspecified atom stereocenters. The van der Waals surface area contributed by atoms with Crippen molar-refractivity contribution in [3.05, 3.63) is 69.0 Å². The van der Waals surface area contributed by atoms with Crippen LogP contribution in [0, 0.1) is 4.91 Å². The van der Waals surface area contributed by atoms with Crippen LogP contribution in [-0.4, -0.2) is 16.7 Å². The Morgan fingerprint density at radius 2 is 1.95 bits per heavy atom. The second kappa shape index (κ2) is 5.77. The summed E-state index contributed by atoms with van der Waals surface area (Å²) in [5, 5.41) is 0. The van der Waals surface area contributed by atoms with E-state index in [-0.39, 0.29) is 12.2 Å². The van der Waals surface area contributed by atoms with Gasteiger partial charge in [-0.3, -0.25) is 4.79 Å². The Kier molecular flexibility index (Phi) is 3.84. The highest BCUT2D eigenvalue weighted by atomic mass is 79.9. The molecule has 0 aromatic heterocycles. The summed E-state index contributed by atoms with van der Waals surface area (Å²) in [5.41, 5.74) is 4.95. The quantitative estimate of drug-likeness (QED) is 0.843. The molecular formula is C16H14BrN2O2+. The van der Waals surface area contributed by atoms with Crippen LogP contribution >= 0.6 is 15.9 Å². The Morgan fingerprint density at radius 3 is 2.71 bits per heavy atom. The second-order valence-corrected chi connectivity index (χ2v) is 6.01. The fourth-order valence-corrected chi connectivity index (χ4v) is 2.86. The van der Waals surface area contributed by atoms with Crippen LogP contribution in [0.3, 0.4) is 0 Å². The van der Waals surface area contributed by atoms with Gasteiger partial charge < -0.3 is 0 Å². The van der Waals surface area contributed by atoms with Crippen LogP contribution in [0.4, 0.5) is 5.69 Å². The van der Waals surface area contributed by atoms with Crippen molar-refractivity contribution >= 4 is 27.4 Å². The number of hydrogen-bond acceptors (Lipinski definition) is 2. The van der Waals surface area contributed by atoms with Gasteiger partial charge in [0.2, 0.25) is 6.04 Å². The summed E-state index contributed by atoms with van der Waals surface area (Å²) in [7, 11) is 0. The molecule has 2 aromatic rings. The van der Waals surface area contributed by atoms with E-state index in [0.29, 0.717) is 17.7 Å². The number of benzene rings is 2. The van der Waals surface area contributed by atoms with E-state index in [1.807, 2.05) is 36.4 Å². The van der Waals surface area contributed by atoms with E-state index in [2.05, 4.69) is 21.4 Å². The highest BCUT2D eigenvalue weighted by Crippen LogP contribution is 2.26. The zero-order valence-electron chi connectivity index (χ0n) is 11.3. The first-order valence-corrected chi connectivity index (χ1v) is 7.52. The van der Waals surface area contributed by atoms with Gasteiger partial charge in [0.1, 0.15) is 10.6 Å². The smallest absolute Gasteiger partial charge is 0.246 e. The summed E-state index contributed by atoms with van der Waals surface area (Å²) in [6, 6.07) is 14.6. The summed E-state index contributed by atoms with van der Waals surface area (Å²) in [6.45, 7) is 0. The van der Waals surface area contributed by atoms with Crippen molar-refractivity contribution in [3.8, 4) is 0 Å². The number of carbonyl (C=O) groups is 1. The molecule has 0 saturated heterocycles. The first-order chi connectivity index (χ1) is 10.1. The lowest BCUT2D eigenvalue weighted by Crippen LogP contribution is -2.30. The molecule has 5 heteroatoms. The summed E-state index contributed by atoms with van der Waals surface area (Å²) >= 11 is 3.36. The Hall–Kier alpha value is -2.01. The number of fused-ring (bicyclic) bond motifs is 1. The van der Waals surface area contributed by atoms with Gasteiger partial charge in [-0.25, -0.2) is 0 Å². The molecule has 1 heterocycles. The van der Waals surface area contributed by atoms with Crippen molar-refractivity contribution in [3.63, 3.8) is 0 Å². The molecule has 0 saturated carbocycles. The van der Waals surface area contributed by atoms with Crippen LogP contribution in [0.1, 0.15) is 22.3 Å². The third kappa shape index (κ3) is 3.03. The van der Waals surface area contributed by atoms with Gasteiger partial charge >= 0.3 is 0 Å². The molecule has 0 bridgehead atoms. The average Bonchev–Trinajstić information content (AvgIpc) is 2.59. The number of hydrogen-bond donors (Lipinski definition) is 1. The van der Waals surface area contributed by atoms with Gasteiger partial charge in [-0.05, 0) is 23.8 Å². The molecule has 0 amide bonds. The van der Waals surface area contributed by atoms with Crippen molar-refractivity contribution in [2.45, 2.75) is 18.9 Å². The van der Waals surface area contributed by atoms with Gasteiger partial charge in [0, 0.05) is 16.5 Å². The van der Waals surface area contributed by atoms with E-state index in [9.17, 15) is 9.70 Å². The summed E-state index contributed by atoms with van der Waals surface area (Å²) in [4.78, 5) is 25.4. The van der Waals surface area contributed by atoms with Gasteiger partial charge in [-0.1, -0.05) is 46.3 Å². The lowest BCUT2D eigenvalue weighted by atomic mass is 9.99. The fraction of sp³-hybridized carbons (Fsp3) is 0.188. The van der Waals surface area contributed by atoms with Crippen LogP contribution in [0.15, 0.2) is 53.0 Å². The van der Waals surface area contributed by atoms with E-state index >= 15 is 0 Å². The number of nitroso groups, excluding NO2 is 1. The average molecular weight is 346 g/mol. The number of anilines is 1. The number of rotatable bonds is 2. The molecular weight excluding hydrogens is 332 g/mol. The first kappa shape index (κ1) is 13.9. The summed E-state index contributed by atoms with van der Waals surface area (Å²) in [5.74, 6) is -0.0157. The predicted octanol–water partition coefficient (Wildman–Crippen LogP) is 3.75. The van der Waals surface area contributed by atoms with E-state index in [4.69, 9.17) is 0 Å². The molecule has 0 aliphatic carbocycles. The third-order valence-corrected chi connectivity index (χ3v) is 4.07. The number of nitrogens with zero attached hydrogens (tertiary/aromatic N) is 1. The van der Waals surface area contributed by atoms with Gasteiger partial charge in [-0.15, -0.1) is 5.43 Å². The summed E-state index contributed by atoms with van der Waals surface area (Å²) in [6.07, 6.45) is 0.743. The van der Waals surface area contributed by atoms with E-state index < -0.39 is 6.04 Å². The molecule has 1 aliphatic rings. The van der Waals surface area contributed by atoms with Gasteiger partial charge in [0.05, 0.1) is 11.3 Å². The molecule has 3 rings (SSSR count). The number of Topliss-reactive ketones (excluding diaryl/α,β-unsaturated/α-hetero) is 1. The topological polar surface area (TPSA) is 49.2 Å². The molecule has 21 heavy (non-hydrogen) atoms. The Morgan fingerprint density at radius 1 is 1.19 bits per heavy atom. The minimum Gasteiger partial charge on any atom is -0.294 e. The van der Waals surface area contributed by atoms with Gasteiger partial charge in [0.25, 0.3) is 0 Å². The molecule has 106 valence electrons. The first-order valence-electron chi connectivity index (χ1n) is 6.73. The molecule has 1 aliphatic heterocycles. The molecule has 0 radical (unpaired) electrons. The monoisotopic (exact) mass is 345 g/mol. The van der Waals surface area contributed by atoms with Gasteiger partial charge in [-0.2, -0.15) is 0 Å². The Balaban J connectivity index is 1.87. The fourth-order valence-electron chi connectivity index (χ4n) is 2.50. The maximum atomic E-state index is 12.4. The number of nitrogens with one attached hydrogen (secondary N) is 1. The second-order valence-electron chi connectivity index (χ2n) is 5.10. The van der Waals surface area contributed by atoms with Crippen molar-refractivity contribution in [1.29, 1.82) is 0 Å². The maximum absolute atomic E-state index is 12.4. The Labute approximate surface area is 130 Å². The zero-order chi connectivity index (χ0) is 14.8. The molecule has 0 fully saturated rings. The Bertz CT molecular complexity index is 701. The lowest BCUT2D eigenvalue weighted by Gasteiger charge is -2.05. The molecule has 1 N–H and O–H groups in total. The van der Waals surface area contributed by atoms with Gasteiger partial charge in [0.15, 0.2) is 5.78 Å². The van der Waals surface area contributed by atoms with Crippen LogP contribution < -0.4 is 5.43 Å². The molecule has 2 aromatic carbocycles. The number of hydrazine groups is 1. The molecule has 1 atom stereocenters. The highest BCUT2D eigenvalue weighted by Gasteiger charge is 2.35. The minimum absolute atomic E-state index is 0.0157. The SMILES string of the molecule is O=C1C[C@@H](Cc2ccccc2)[N+](=O)Nc2ccc(Br)cc21.